The van der Waals surface area contributed by atoms with E-state index in [1.54, 1.807) is 0 Å². The monoisotopic (exact) mass is 596 g/mol. The Morgan fingerprint density at radius 3 is 2.18 bits per heavy atom. The van der Waals surface area contributed by atoms with Crippen molar-refractivity contribution in [3.8, 4) is 0 Å². The number of carbonyl (C=O) groups is 3. The van der Waals surface area contributed by atoms with E-state index in [-0.39, 0.29) is 41.3 Å². The molecule has 4 rings (SSSR count). The molecule has 0 radical (unpaired) electrons. The first kappa shape index (κ1) is 29.2. The third-order valence-corrected chi connectivity index (χ3v) is 7.94. The van der Waals surface area contributed by atoms with E-state index in [9.17, 15) is 41.4 Å². The molecule has 0 saturated heterocycles. The number of carboxylic acids is 1. The predicted molar refractivity (Wildman–Crippen MR) is 128 cm³/mol. The number of halogens is 7. The molecule has 1 amide bonds. The number of aromatic nitrogens is 3. The van der Waals surface area contributed by atoms with E-state index >= 15 is 0 Å². The molecule has 8 nitrogen and oxygen atoms in total. The van der Waals surface area contributed by atoms with Crippen LogP contribution < -0.4 is 0 Å². The number of hydrogen-bond donors (Lipinski definition) is 1. The van der Waals surface area contributed by atoms with Crippen molar-refractivity contribution in [1.82, 2.24) is 19.7 Å². The molecular weight excluding hydrogens is 574 g/mol. The van der Waals surface area contributed by atoms with Gasteiger partial charge in [-0.05, 0) is 32.6 Å². The zero-order chi connectivity index (χ0) is 28.9. The summed E-state index contributed by atoms with van der Waals surface area (Å²) in [4.78, 5) is 42.3. The lowest BCUT2D eigenvalue weighted by atomic mass is 9.74. The number of pyridine rings is 1. The molecule has 0 bridgehead atoms. The first-order valence-corrected chi connectivity index (χ1v) is 12.7. The molecule has 2 fully saturated rings. The Kier molecular flexibility index (Phi) is 7.71. The molecule has 0 aliphatic heterocycles. The molecule has 2 aliphatic rings. The zero-order valence-electron chi connectivity index (χ0n) is 20.4. The van der Waals surface area contributed by atoms with Crippen LogP contribution in [0.1, 0.15) is 71.5 Å². The van der Waals surface area contributed by atoms with Crippen molar-refractivity contribution in [3.63, 3.8) is 0 Å². The van der Waals surface area contributed by atoms with Gasteiger partial charge in [0.25, 0.3) is 11.8 Å². The lowest BCUT2D eigenvalue weighted by Crippen LogP contribution is -2.39. The van der Waals surface area contributed by atoms with Gasteiger partial charge in [-0.2, -0.15) is 18.3 Å². The zero-order valence-corrected chi connectivity index (χ0v) is 22.0. The first-order valence-electron chi connectivity index (χ1n) is 11.9. The van der Waals surface area contributed by atoms with Crippen LogP contribution in [0.15, 0.2) is 18.6 Å². The van der Waals surface area contributed by atoms with Gasteiger partial charge < -0.3 is 10.0 Å². The lowest BCUT2D eigenvalue weighted by molar-refractivity contribution is -0.152. The lowest BCUT2D eigenvalue weighted by Gasteiger charge is -2.34. The van der Waals surface area contributed by atoms with Crippen LogP contribution in [-0.2, 0) is 11.0 Å². The summed E-state index contributed by atoms with van der Waals surface area (Å²) in [6.45, 7) is -0.0311. The minimum atomic E-state index is -5.06. The third-order valence-electron chi connectivity index (χ3n) is 7.37. The van der Waals surface area contributed by atoms with Crippen LogP contribution in [0.4, 0.5) is 22.0 Å². The van der Waals surface area contributed by atoms with Crippen LogP contribution in [0, 0.1) is 11.3 Å². The largest absolute Gasteiger partial charge is 0.481 e. The van der Waals surface area contributed by atoms with Crippen molar-refractivity contribution in [2.45, 2.75) is 57.2 Å². The van der Waals surface area contributed by atoms with E-state index in [0.29, 0.717) is 15.8 Å². The second kappa shape index (κ2) is 10.3. The van der Waals surface area contributed by atoms with Crippen LogP contribution >= 0.6 is 23.2 Å². The average Bonchev–Trinajstić information content (AvgIpc) is 3.22. The maximum absolute atomic E-state index is 14.3. The predicted octanol–water partition coefficient (Wildman–Crippen LogP) is 5.79. The minimum absolute atomic E-state index is 0.0662. The van der Waals surface area contributed by atoms with Crippen LogP contribution in [0.2, 0.25) is 10.0 Å². The van der Waals surface area contributed by atoms with Gasteiger partial charge in [0.2, 0.25) is 0 Å². The van der Waals surface area contributed by atoms with Gasteiger partial charge in [0.15, 0.2) is 11.5 Å². The van der Waals surface area contributed by atoms with Gasteiger partial charge in [-0.15, -0.1) is 0 Å². The topological polar surface area (TPSA) is 105 Å². The number of hydrogen-bond acceptors (Lipinski definition) is 5. The highest BCUT2D eigenvalue weighted by Gasteiger charge is 2.58. The summed E-state index contributed by atoms with van der Waals surface area (Å²) in [5.74, 6) is -7.69. The maximum atomic E-state index is 14.3. The van der Waals surface area contributed by atoms with Crippen LogP contribution in [0.5, 0.6) is 0 Å². The maximum Gasteiger partial charge on any atom is 0.433 e. The van der Waals surface area contributed by atoms with Gasteiger partial charge in [0.1, 0.15) is 0 Å². The van der Waals surface area contributed by atoms with Crippen molar-refractivity contribution in [2.75, 3.05) is 13.1 Å². The molecule has 212 valence electrons. The van der Waals surface area contributed by atoms with E-state index in [4.69, 9.17) is 23.2 Å². The van der Waals surface area contributed by atoms with E-state index in [0.717, 1.165) is 12.4 Å². The normalized spacial score (nSPS) is 24.3. The number of carbonyl (C=O) groups excluding carboxylic acids is 2. The standard InChI is InChI=1S/C24H23Cl2F5N4O4/c1-22(21(38)39)4-2-13(3-5-22)35-19(24(29,30)31)14(7-33-35)20(37)34(10-12-6-23(12,27)28)11-17(36)18-15(25)8-32-9-16(18)26/h7-9,12-13H,2-6,10-11H2,1H3,(H,38,39)/t12-,13-,22-/m1/s1. The number of alkyl halides is 5. The van der Waals surface area contributed by atoms with Crippen molar-refractivity contribution in [3.05, 3.63) is 45.5 Å². The van der Waals surface area contributed by atoms with Crippen molar-refractivity contribution in [2.24, 2.45) is 11.3 Å². The summed E-state index contributed by atoms with van der Waals surface area (Å²) in [5.41, 5.74) is -3.64. The molecule has 2 aromatic heterocycles. The fraction of sp³-hybridized carbons (Fsp3) is 0.542. The average molecular weight is 597 g/mol. The highest BCUT2D eigenvalue weighted by Crippen LogP contribution is 2.49. The molecule has 1 N–H and O–H groups in total. The molecule has 1 atom stereocenters. The van der Waals surface area contributed by atoms with Gasteiger partial charge in [-0.3, -0.25) is 24.0 Å². The quantitative estimate of drug-likeness (QED) is 0.305. The van der Waals surface area contributed by atoms with Crippen LogP contribution in [0.3, 0.4) is 0 Å². The minimum Gasteiger partial charge on any atom is -0.481 e. The van der Waals surface area contributed by atoms with Crippen LogP contribution in [0.25, 0.3) is 0 Å². The fourth-order valence-corrected chi connectivity index (χ4v) is 5.41. The fourth-order valence-electron chi connectivity index (χ4n) is 4.83. The molecule has 2 aliphatic carbocycles. The molecular formula is C24H23Cl2F5N4O4. The molecule has 2 saturated carbocycles. The summed E-state index contributed by atoms with van der Waals surface area (Å²) in [5, 5.41) is 12.9. The Morgan fingerprint density at radius 2 is 1.69 bits per heavy atom. The van der Waals surface area contributed by atoms with E-state index < -0.39 is 77.9 Å². The van der Waals surface area contributed by atoms with Crippen LogP contribution in [-0.4, -0.2) is 61.4 Å². The summed E-state index contributed by atoms with van der Waals surface area (Å²) in [6, 6.07) is -0.840. The van der Waals surface area contributed by atoms with E-state index in [2.05, 4.69) is 10.1 Å². The SMILES string of the molecule is C[C@]1(C(=O)O)CC[C@H](n2ncc(C(=O)N(CC(=O)c3c(Cl)cncc3Cl)C[C@H]3CC3(F)F)c2C(F)(F)F)CC1. The number of ketones is 1. The van der Waals surface area contributed by atoms with Crippen molar-refractivity contribution < 1.29 is 41.4 Å². The van der Waals surface area contributed by atoms with E-state index in [1.165, 1.54) is 6.92 Å². The summed E-state index contributed by atoms with van der Waals surface area (Å²) >= 11 is 12.0. The smallest absolute Gasteiger partial charge is 0.433 e. The summed E-state index contributed by atoms with van der Waals surface area (Å²) in [6.07, 6.45) is -2.42. The second-order valence-corrected chi connectivity index (χ2v) is 11.0. The molecule has 39 heavy (non-hydrogen) atoms. The second-order valence-electron chi connectivity index (χ2n) is 10.2. The van der Waals surface area contributed by atoms with Crippen molar-refractivity contribution in [1.29, 1.82) is 0 Å². The van der Waals surface area contributed by atoms with Gasteiger partial charge in [-0.25, -0.2) is 8.78 Å². The number of rotatable bonds is 8. The number of amides is 1. The highest BCUT2D eigenvalue weighted by molar-refractivity contribution is 6.39. The van der Waals surface area contributed by atoms with Gasteiger partial charge >= 0.3 is 12.1 Å². The summed E-state index contributed by atoms with van der Waals surface area (Å²) < 4.78 is 71.0. The highest BCUT2D eigenvalue weighted by atomic mass is 35.5. The first-order chi connectivity index (χ1) is 18.0. The van der Waals surface area contributed by atoms with Gasteiger partial charge in [0.05, 0.1) is 45.4 Å². The number of nitrogens with zero attached hydrogens (tertiary/aromatic N) is 4. The Hall–Kier alpha value is -2.80. The Morgan fingerprint density at radius 1 is 1.13 bits per heavy atom. The number of aliphatic carboxylic acids is 1. The molecule has 0 unspecified atom stereocenters. The molecule has 15 heteroatoms. The number of Topliss-reactive ketones (excluding diaryl/α,β-unsaturated/α-hetero) is 1. The molecule has 0 spiro atoms. The Labute approximate surface area is 229 Å². The number of carboxylic acid groups (broad SMARTS) is 1. The van der Waals surface area contributed by atoms with E-state index in [1.807, 2.05) is 0 Å². The molecule has 0 aromatic carbocycles. The Bertz CT molecular complexity index is 1290. The van der Waals surface area contributed by atoms with Gasteiger partial charge in [0, 0.05) is 31.3 Å². The van der Waals surface area contributed by atoms with Gasteiger partial charge in [-0.1, -0.05) is 23.2 Å². The Balaban J connectivity index is 1.66. The molecule has 2 heterocycles. The molecule has 2 aromatic rings. The third kappa shape index (κ3) is 5.88. The summed E-state index contributed by atoms with van der Waals surface area (Å²) in [7, 11) is 0. The van der Waals surface area contributed by atoms with Crippen molar-refractivity contribution >= 4 is 40.9 Å².